The standard InChI is InChI=1S/C13H21NO/c1-4-12(14)11-7-5-6-8-13(11)15-9-10(2)3/h5-8,10,12H,4,9,14H2,1-3H3. The summed E-state index contributed by atoms with van der Waals surface area (Å²) in [6.07, 6.45) is 0.933. The smallest absolute Gasteiger partial charge is 0.124 e. The van der Waals surface area contributed by atoms with Crippen molar-refractivity contribution in [1.29, 1.82) is 0 Å². The van der Waals surface area contributed by atoms with Crippen LogP contribution >= 0.6 is 0 Å². The largest absolute Gasteiger partial charge is 0.493 e. The molecular formula is C13H21NO. The van der Waals surface area contributed by atoms with E-state index in [4.69, 9.17) is 10.5 Å². The molecule has 1 unspecified atom stereocenters. The molecule has 1 rings (SSSR count). The van der Waals surface area contributed by atoms with E-state index in [0.717, 1.165) is 24.3 Å². The minimum atomic E-state index is 0.0772. The van der Waals surface area contributed by atoms with Crippen LogP contribution in [0, 0.1) is 5.92 Å². The maximum atomic E-state index is 6.02. The van der Waals surface area contributed by atoms with Crippen molar-refractivity contribution < 1.29 is 4.74 Å². The van der Waals surface area contributed by atoms with Crippen molar-refractivity contribution in [2.45, 2.75) is 33.2 Å². The van der Waals surface area contributed by atoms with E-state index in [-0.39, 0.29) is 6.04 Å². The van der Waals surface area contributed by atoms with Crippen LogP contribution in [0.2, 0.25) is 0 Å². The van der Waals surface area contributed by atoms with Gasteiger partial charge in [-0.15, -0.1) is 0 Å². The third-order valence-electron chi connectivity index (χ3n) is 2.33. The molecule has 1 aromatic rings. The van der Waals surface area contributed by atoms with Crippen molar-refractivity contribution in [3.05, 3.63) is 29.8 Å². The second-order valence-corrected chi connectivity index (χ2v) is 4.26. The molecule has 15 heavy (non-hydrogen) atoms. The topological polar surface area (TPSA) is 35.2 Å². The van der Waals surface area contributed by atoms with E-state index in [2.05, 4.69) is 20.8 Å². The Morgan fingerprint density at radius 2 is 1.93 bits per heavy atom. The van der Waals surface area contributed by atoms with Gasteiger partial charge in [0.05, 0.1) is 6.61 Å². The van der Waals surface area contributed by atoms with E-state index >= 15 is 0 Å². The average Bonchev–Trinajstić information content (AvgIpc) is 2.25. The Morgan fingerprint density at radius 1 is 1.27 bits per heavy atom. The lowest BCUT2D eigenvalue weighted by Crippen LogP contribution is -2.12. The average molecular weight is 207 g/mol. The molecule has 0 heterocycles. The van der Waals surface area contributed by atoms with Gasteiger partial charge in [0.25, 0.3) is 0 Å². The first-order valence-corrected chi connectivity index (χ1v) is 5.62. The highest BCUT2D eigenvalue weighted by atomic mass is 16.5. The second kappa shape index (κ2) is 5.76. The first kappa shape index (κ1) is 12.1. The lowest BCUT2D eigenvalue weighted by atomic mass is 10.0. The summed E-state index contributed by atoms with van der Waals surface area (Å²) in [7, 11) is 0. The number of nitrogens with two attached hydrogens (primary N) is 1. The summed E-state index contributed by atoms with van der Waals surface area (Å²) >= 11 is 0. The number of hydrogen-bond donors (Lipinski definition) is 1. The van der Waals surface area contributed by atoms with Gasteiger partial charge in [-0.25, -0.2) is 0 Å². The first-order valence-electron chi connectivity index (χ1n) is 5.62. The van der Waals surface area contributed by atoms with E-state index in [1.807, 2.05) is 24.3 Å². The van der Waals surface area contributed by atoms with Gasteiger partial charge in [-0.3, -0.25) is 0 Å². The molecule has 0 saturated heterocycles. The van der Waals surface area contributed by atoms with Gasteiger partial charge in [-0.05, 0) is 18.4 Å². The van der Waals surface area contributed by atoms with E-state index in [0.29, 0.717) is 5.92 Å². The number of ether oxygens (including phenoxy) is 1. The Bertz CT molecular complexity index is 296. The highest BCUT2D eigenvalue weighted by Gasteiger charge is 2.09. The van der Waals surface area contributed by atoms with Crippen LogP contribution in [-0.2, 0) is 0 Å². The van der Waals surface area contributed by atoms with Gasteiger partial charge in [0, 0.05) is 11.6 Å². The van der Waals surface area contributed by atoms with Gasteiger partial charge >= 0.3 is 0 Å². The van der Waals surface area contributed by atoms with Crippen molar-refractivity contribution in [2.24, 2.45) is 11.7 Å². The summed E-state index contributed by atoms with van der Waals surface area (Å²) in [5, 5.41) is 0. The zero-order chi connectivity index (χ0) is 11.3. The predicted octanol–water partition coefficient (Wildman–Crippen LogP) is 3.13. The fourth-order valence-corrected chi connectivity index (χ4v) is 1.39. The summed E-state index contributed by atoms with van der Waals surface area (Å²) in [5.74, 6) is 1.47. The zero-order valence-electron chi connectivity index (χ0n) is 9.86. The third kappa shape index (κ3) is 3.56. The Kier molecular flexibility index (Phi) is 4.63. The van der Waals surface area contributed by atoms with Crippen LogP contribution in [0.15, 0.2) is 24.3 Å². The summed E-state index contributed by atoms with van der Waals surface area (Å²) in [4.78, 5) is 0. The predicted molar refractivity (Wildman–Crippen MR) is 64.0 cm³/mol. The van der Waals surface area contributed by atoms with Crippen molar-refractivity contribution >= 4 is 0 Å². The summed E-state index contributed by atoms with van der Waals surface area (Å²) in [6.45, 7) is 7.11. The minimum absolute atomic E-state index is 0.0772. The second-order valence-electron chi connectivity index (χ2n) is 4.26. The maximum absolute atomic E-state index is 6.02. The van der Waals surface area contributed by atoms with Crippen LogP contribution in [0.4, 0.5) is 0 Å². The molecule has 0 aliphatic rings. The van der Waals surface area contributed by atoms with Crippen molar-refractivity contribution in [1.82, 2.24) is 0 Å². The molecule has 0 radical (unpaired) electrons. The highest BCUT2D eigenvalue weighted by Crippen LogP contribution is 2.25. The Labute approximate surface area is 92.4 Å². The molecule has 0 amide bonds. The quantitative estimate of drug-likeness (QED) is 0.805. The molecule has 0 saturated carbocycles. The van der Waals surface area contributed by atoms with E-state index in [1.54, 1.807) is 0 Å². The SMILES string of the molecule is CCC(N)c1ccccc1OCC(C)C. The normalized spacial score (nSPS) is 12.9. The molecule has 0 aliphatic carbocycles. The molecule has 1 atom stereocenters. The monoisotopic (exact) mass is 207 g/mol. The van der Waals surface area contributed by atoms with E-state index in [1.165, 1.54) is 0 Å². The Balaban J connectivity index is 2.77. The molecule has 1 aromatic carbocycles. The van der Waals surface area contributed by atoms with Gasteiger partial charge in [0.2, 0.25) is 0 Å². The third-order valence-corrected chi connectivity index (χ3v) is 2.33. The fourth-order valence-electron chi connectivity index (χ4n) is 1.39. The molecule has 84 valence electrons. The Hall–Kier alpha value is -1.02. The number of rotatable bonds is 5. The zero-order valence-corrected chi connectivity index (χ0v) is 9.86. The van der Waals surface area contributed by atoms with E-state index < -0.39 is 0 Å². The first-order chi connectivity index (χ1) is 7.15. The minimum Gasteiger partial charge on any atom is -0.493 e. The van der Waals surface area contributed by atoms with Gasteiger partial charge in [0.1, 0.15) is 5.75 Å². The van der Waals surface area contributed by atoms with Gasteiger partial charge in [-0.2, -0.15) is 0 Å². The molecule has 0 spiro atoms. The molecule has 2 heteroatoms. The molecular weight excluding hydrogens is 186 g/mol. The molecule has 0 fully saturated rings. The van der Waals surface area contributed by atoms with Crippen molar-refractivity contribution in [3.8, 4) is 5.75 Å². The van der Waals surface area contributed by atoms with Crippen LogP contribution in [0.25, 0.3) is 0 Å². The molecule has 0 bridgehead atoms. The van der Waals surface area contributed by atoms with Gasteiger partial charge in [0.15, 0.2) is 0 Å². The van der Waals surface area contributed by atoms with Crippen molar-refractivity contribution in [2.75, 3.05) is 6.61 Å². The number of para-hydroxylation sites is 1. The fraction of sp³-hybridized carbons (Fsp3) is 0.538. The Morgan fingerprint density at radius 3 is 2.53 bits per heavy atom. The molecule has 0 aromatic heterocycles. The van der Waals surface area contributed by atoms with Gasteiger partial charge < -0.3 is 10.5 Å². The highest BCUT2D eigenvalue weighted by molar-refractivity contribution is 5.35. The van der Waals surface area contributed by atoms with Crippen LogP contribution < -0.4 is 10.5 Å². The van der Waals surface area contributed by atoms with E-state index in [9.17, 15) is 0 Å². The lowest BCUT2D eigenvalue weighted by Gasteiger charge is -2.16. The number of hydrogen-bond acceptors (Lipinski definition) is 2. The van der Waals surface area contributed by atoms with Crippen molar-refractivity contribution in [3.63, 3.8) is 0 Å². The van der Waals surface area contributed by atoms with Crippen LogP contribution in [-0.4, -0.2) is 6.61 Å². The summed E-state index contributed by atoms with van der Waals surface area (Å²) in [6, 6.07) is 8.11. The number of benzene rings is 1. The van der Waals surface area contributed by atoms with Crippen LogP contribution in [0.3, 0.4) is 0 Å². The maximum Gasteiger partial charge on any atom is 0.124 e. The van der Waals surface area contributed by atoms with Crippen LogP contribution in [0.5, 0.6) is 5.75 Å². The lowest BCUT2D eigenvalue weighted by molar-refractivity contribution is 0.267. The molecule has 2 N–H and O–H groups in total. The summed E-state index contributed by atoms with van der Waals surface area (Å²) in [5.41, 5.74) is 7.13. The molecule has 0 aliphatic heterocycles. The molecule has 2 nitrogen and oxygen atoms in total. The van der Waals surface area contributed by atoms with Crippen LogP contribution in [0.1, 0.15) is 38.8 Å². The van der Waals surface area contributed by atoms with Gasteiger partial charge in [-0.1, -0.05) is 39.0 Å². The summed E-state index contributed by atoms with van der Waals surface area (Å²) < 4.78 is 5.74.